The van der Waals surface area contributed by atoms with Gasteiger partial charge in [0.05, 0.1) is 12.2 Å². The number of hydrogen-bond acceptors (Lipinski definition) is 4. The third kappa shape index (κ3) is 4.34. The van der Waals surface area contributed by atoms with E-state index in [0.29, 0.717) is 23.4 Å². The minimum Gasteiger partial charge on any atom is -0.494 e. The van der Waals surface area contributed by atoms with E-state index in [2.05, 4.69) is 26.1 Å². The molecule has 5 heteroatoms. The average molecular weight is 392 g/mol. The summed E-state index contributed by atoms with van der Waals surface area (Å²) in [6.07, 6.45) is 0.923. The standard InChI is InChI=1S/C24H28N2O3/c1-6-15-29-19-13-7-16(8-14-19)20-21(23(28)26(5)22(20)27)25-18-11-9-17(10-12-18)24(2,3)4/h7-14,25H,6,15H2,1-5H3. The zero-order valence-corrected chi connectivity index (χ0v) is 17.7. The Morgan fingerprint density at radius 3 is 2.10 bits per heavy atom. The maximum Gasteiger partial charge on any atom is 0.277 e. The molecule has 152 valence electrons. The molecule has 29 heavy (non-hydrogen) atoms. The summed E-state index contributed by atoms with van der Waals surface area (Å²) in [4.78, 5) is 26.6. The van der Waals surface area contributed by atoms with Gasteiger partial charge in [-0.25, -0.2) is 0 Å². The second-order valence-corrected chi connectivity index (χ2v) is 8.24. The summed E-state index contributed by atoms with van der Waals surface area (Å²) in [7, 11) is 1.50. The Kier molecular flexibility index (Phi) is 5.78. The van der Waals surface area contributed by atoms with E-state index in [1.807, 2.05) is 55.5 Å². The zero-order chi connectivity index (χ0) is 21.2. The van der Waals surface area contributed by atoms with Gasteiger partial charge < -0.3 is 10.1 Å². The number of imide groups is 1. The Labute approximate surface area is 172 Å². The zero-order valence-electron chi connectivity index (χ0n) is 17.7. The van der Waals surface area contributed by atoms with E-state index < -0.39 is 0 Å². The molecule has 1 N–H and O–H groups in total. The Hall–Kier alpha value is -3.08. The molecule has 2 aromatic rings. The summed E-state index contributed by atoms with van der Waals surface area (Å²) in [5, 5.41) is 3.16. The molecule has 1 heterocycles. The molecule has 1 aliphatic heterocycles. The van der Waals surface area contributed by atoms with Crippen LogP contribution in [-0.4, -0.2) is 30.4 Å². The molecule has 0 spiro atoms. The third-order valence-electron chi connectivity index (χ3n) is 4.92. The number of ether oxygens (including phenoxy) is 1. The second kappa shape index (κ2) is 8.11. The number of benzene rings is 2. The molecule has 3 rings (SSSR count). The first-order valence-corrected chi connectivity index (χ1v) is 9.90. The lowest BCUT2D eigenvalue weighted by atomic mass is 9.87. The summed E-state index contributed by atoms with van der Waals surface area (Å²) in [6.45, 7) is 9.14. The van der Waals surface area contributed by atoms with Crippen LogP contribution in [0.5, 0.6) is 5.75 Å². The minimum absolute atomic E-state index is 0.0455. The van der Waals surface area contributed by atoms with Gasteiger partial charge in [-0.05, 0) is 47.2 Å². The van der Waals surface area contributed by atoms with Crippen LogP contribution < -0.4 is 10.1 Å². The monoisotopic (exact) mass is 392 g/mol. The molecule has 0 radical (unpaired) electrons. The van der Waals surface area contributed by atoms with Crippen LogP contribution in [0.4, 0.5) is 5.69 Å². The molecule has 0 aliphatic carbocycles. The van der Waals surface area contributed by atoms with E-state index in [9.17, 15) is 9.59 Å². The lowest BCUT2D eigenvalue weighted by molar-refractivity contribution is -0.135. The number of nitrogens with one attached hydrogen (secondary N) is 1. The van der Waals surface area contributed by atoms with Gasteiger partial charge in [0.2, 0.25) is 0 Å². The maximum absolute atomic E-state index is 12.7. The van der Waals surface area contributed by atoms with Gasteiger partial charge in [-0.2, -0.15) is 0 Å². The van der Waals surface area contributed by atoms with Crippen LogP contribution in [0.2, 0.25) is 0 Å². The molecule has 2 aromatic carbocycles. The largest absolute Gasteiger partial charge is 0.494 e. The van der Waals surface area contributed by atoms with Gasteiger partial charge in [0.25, 0.3) is 11.8 Å². The Morgan fingerprint density at radius 1 is 0.931 bits per heavy atom. The van der Waals surface area contributed by atoms with Crippen LogP contribution in [0, 0.1) is 0 Å². The maximum atomic E-state index is 12.7. The van der Waals surface area contributed by atoms with E-state index in [4.69, 9.17) is 4.74 Å². The molecule has 1 aliphatic rings. The lowest BCUT2D eigenvalue weighted by Crippen LogP contribution is -2.27. The summed E-state index contributed by atoms with van der Waals surface area (Å²) in [5.41, 5.74) is 3.37. The number of carbonyl (C=O) groups excluding carboxylic acids is 2. The van der Waals surface area contributed by atoms with Crippen LogP contribution in [0.1, 0.15) is 45.2 Å². The number of nitrogens with zero attached hydrogens (tertiary/aromatic N) is 1. The first-order chi connectivity index (χ1) is 13.7. The Balaban J connectivity index is 1.93. The van der Waals surface area contributed by atoms with Gasteiger partial charge in [-0.3, -0.25) is 14.5 Å². The number of hydrogen-bond donors (Lipinski definition) is 1. The lowest BCUT2D eigenvalue weighted by Gasteiger charge is -2.19. The van der Waals surface area contributed by atoms with Crippen LogP contribution in [0.25, 0.3) is 5.57 Å². The van der Waals surface area contributed by atoms with E-state index in [1.165, 1.54) is 12.6 Å². The predicted octanol–water partition coefficient (Wildman–Crippen LogP) is 4.59. The fraction of sp³-hybridized carbons (Fsp3) is 0.333. The topological polar surface area (TPSA) is 58.6 Å². The first kappa shape index (κ1) is 20.6. The van der Waals surface area contributed by atoms with Gasteiger partial charge in [0.1, 0.15) is 11.4 Å². The van der Waals surface area contributed by atoms with E-state index >= 15 is 0 Å². The molecule has 0 saturated carbocycles. The van der Waals surface area contributed by atoms with Crippen molar-refractivity contribution in [2.45, 2.75) is 39.5 Å². The highest BCUT2D eigenvalue weighted by Crippen LogP contribution is 2.31. The highest BCUT2D eigenvalue weighted by molar-refractivity contribution is 6.36. The van der Waals surface area contributed by atoms with Crippen molar-refractivity contribution in [2.75, 3.05) is 19.0 Å². The number of amides is 2. The highest BCUT2D eigenvalue weighted by Gasteiger charge is 2.36. The first-order valence-electron chi connectivity index (χ1n) is 9.90. The van der Waals surface area contributed by atoms with Crippen molar-refractivity contribution in [2.24, 2.45) is 0 Å². The van der Waals surface area contributed by atoms with Crippen LogP contribution in [0.3, 0.4) is 0 Å². The van der Waals surface area contributed by atoms with Crippen molar-refractivity contribution in [1.29, 1.82) is 0 Å². The van der Waals surface area contributed by atoms with E-state index in [0.717, 1.165) is 22.8 Å². The summed E-state index contributed by atoms with van der Waals surface area (Å²) >= 11 is 0. The van der Waals surface area contributed by atoms with Crippen molar-refractivity contribution in [3.05, 3.63) is 65.4 Å². The smallest absolute Gasteiger partial charge is 0.277 e. The second-order valence-electron chi connectivity index (χ2n) is 8.24. The number of anilines is 1. The molecule has 5 nitrogen and oxygen atoms in total. The average Bonchev–Trinajstić information content (AvgIpc) is 2.90. The molecule has 2 amide bonds. The molecule has 0 atom stereocenters. The van der Waals surface area contributed by atoms with Gasteiger partial charge in [-0.15, -0.1) is 0 Å². The van der Waals surface area contributed by atoms with E-state index in [-0.39, 0.29) is 17.2 Å². The van der Waals surface area contributed by atoms with Gasteiger partial charge in [-0.1, -0.05) is 52.0 Å². The number of rotatable bonds is 6. The van der Waals surface area contributed by atoms with Crippen molar-refractivity contribution in [3.8, 4) is 5.75 Å². The molecule has 0 bridgehead atoms. The number of carbonyl (C=O) groups is 2. The molecule has 0 aromatic heterocycles. The normalized spacial score (nSPS) is 14.6. The third-order valence-corrected chi connectivity index (χ3v) is 4.92. The van der Waals surface area contributed by atoms with Crippen molar-refractivity contribution >= 4 is 23.1 Å². The fourth-order valence-electron chi connectivity index (χ4n) is 3.16. The van der Waals surface area contributed by atoms with Gasteiger partial charge in [0, 0.05) is 12.7 Å². The summed E-state index contributed by atoms with van der Waals surface area (Å²) in [5.74, 6) is 0.0934. The Morgan fingerprint density at radius 2 is 1.55 bits per heavy atom. The van der Waals surface area contributed by atoms with Crippen LogP contribution in [0.15, 0.2) is 54.2 Å². The van der Waals surface area contributed by atoms with Gasteiger partial charge in [0.15, 0.2) is 0 Å². The summed E-state index contributed by atoms with van der Waals surface area (Å²) in [6, 6.07) is 15.2. The number of likely N-dealkylation sites (N-methyl/N-ethyl adjacent to an activating group) is 1. The van der Waals surface area contributed by atoms with Crippen molar-refractivity contribution < 1.29 is 14.3 Å². The van der Waals surface area contributed by atoms with E-state index in [1.54, 1.807) is 0 Å². The quantitative estimate of drug-likeness (QED) is 0.730. The molecular formula is C24H28N2O3. The molecule has 0 saturated heterocycles. The van der Waals surface area contributed by atoms with Crippen molar-refractivity contribution in [1.82, 2.24) is 4.90 Å². The molecule has 0 unspecified atom stereocenters. The fourth-order valence-corrected chi connectivity index (χ4v) is 3.16. The minimum atomic E-state index is -0.337. The van der Waals surface area contributed by atoms with Gasteiger partial charge >= 0.3 is 0 Å². The summed E-state index contributed by atoms with van der Waals surface area (Å²) < 4.78 is 5.61. The predicted molar refractivity (Wildman–Crippen MR) is 116 cm³/mol. The molecule has 0 fully saturated rings. The Bertz CT molecular complexity index is 936. The van der Waals surface area contributed by atoms with Crippen molar-refractivity contribution in [3.63, 3.8) is 0 Å². The SMILES string of the molecule is CCCOc1ccc(C2=C(Nc3ccc(C(C)(C)C)cc3)C(=O)N(C)C2=O)cc1. The van der Waals surface area contributed by atoms with Crippen LogP contribution >= 0.6 is 0 Å². The highest BCUT2D eigenvalue weighted by atomic mass is 16.5. The van der Waals surface area contributed by atoms with Crippen LogP contribution in [-0.2, 0) is 15.0 Å². The molecular weight excluding hydrogens is 364 g/mol.